The first kappa shape index (κ1) is 12.9. The van der Waals surface area contributed by atoms with Gasteiger partial charge in [-0.2, -0.15) is 5.10 Å². The maximum Gasteiger partial charge on any atom is 0.135 e. The number of nitrogens with two attached hydrogens (primary N) is 1. The molecule has 3 nitrogen and oxygen atoms in total. The van der Waals surface area contributed by atoms with Crippen molar-refractivity contribution in [2.45, 2.75) is 6.92 Å². The number of aryl methyl sites for hydroxylation is 1. The lowest BCUT2D eigenvalue weighted by Crippen LogP contribution is -2.02. The van der Waals surface area contributed by atoms with Gasteiger partial charge in [-0.05, 0) is 40.5 Å². The molecule has 0 saturated heterocycles. The van der Waals surface area contributed by atoms with Crippen molar-refractivity contribution in [3.63, 3.8) is 0 Å². The number of aromatic nitrogens is 2. The lowest BCUT2D eigenvalue weighted by Gasteiger charge is -2.07. The normalized spacial score (nSPS) is 10.7. The molecule has 3 rings (SSSR count). The van der Waals surface area contributed by atoms with Gasteiger partial charge in [0.05, 0.1) is 11.4 Å². The average Bonchev–Trinajstić information content (AvgIpc) is 2.75. The zero-order valence-electron chi connectivity index (χ0n) is 11.0. The quantitative estimate of drug-likeness (QED) is 0.766. The van der Waals surface area contributed by atoms with Crippen molar-refractivity contribution in [1.29, 1.82) is 0 Å². The second kappa shape index (κ2) is 5.13. The van der Waals surface area contributed by atoms with Crippen LogP contribution in [0.3, 0.4) is 0 Å². The third-order valence-corrected chi connectivity index (χ3v) is 3.91. The second-order valence-corrected chi connectivity index (χ2v) is 5.43. The van der Waals surface area contributed by atoms with Crippen LogP contribution in [0.1, 0.15) is 5.69 Å². The molecule has 1 heterocycles. The lowest BCUT2D eigenvalue weighted by molar-refractivity contribution is 0.868. The van der Waals surface area contributed by atoms with Gasteiger partial charge in [0.2, 0.25) is 0 Å². The summed E-state index contributed by atoms with van der Waals surface area (Å²) in [5.74, 6) is 0.653. The van der Waals surface area contributed by atoms with E-state index in [-0.39, 0.29) is 0 Å². The van der Waals surface area contributed by atoms with E-state index in [0.29, 0.717) is 5.82 Å². The Bertz CT molecular complexity index is 748. The first-order chi connectivity index (χ1) is 9.68. The van der Waals surface area contributed by atoms with E-state index in [4.69, 9.17) is 5.73 Å². The molecule has 100 valence electrons. The maximum atomic E-state index is 6.32. The van der Waals surface area contributed by atoms with Gasteiger partial charge in [0.25, 0.3) is 0 Å². The number of benzene rings is 2. The molecule has 0 aliphatic heterocycles. The van der Waals surface area contributed by atoms with Gasteiger partial charge >= 0.3 is 0 Å². The summed E-state index contributed by atoms with van der Waals surface area (Å²) in [6.07, 6.45) is 0. The molecule has 4 heteroatoms. The number of rotatable bonds is 2. The van der Waals surface area contributed by atoms with Crippen LogP contribution in [0, 0.1) is 6.92 Å². The molecular formula is C16H14BrN3. The Morgan fingerprint density at radius 2 is 1.65 bits per heavy atom. The number of hydrogen-bond acceptors (Lipinski definition) is 2. The first-order valence-electron chi connectivity index (χ1n) is 6.34. The molecule has 0 saturated carbocycles. The molecule has 3 aromatic rings. The number of hydrogen-bond donors (Lipinski definition) is 1. The van der Waals surface area contributed by atoms with Crippen LogP contribution in [0.5, 0.6) is 0 Å². The number of anilines is 1. The number of para-hydroxylation sites is 1. The Labute approximate surface area is 126 Å². The molecule has 1 aromatic heterocycles. The smallest absolute Gasteiger partial charge is 0.135 e. The van der Waals surface area contributed by atoms with Gasteiger partial charge < -0.3 is 5.73 Å². The molecule has 0 radical (unpaired) electrons. The van der Waals surface area contributed by atoms with Crippen LogP contribution in [-0.4, -0.2) is 9.78 Å². The van der Waals surface area contributed by atoms with E-state index in [1.165, 1.54) is 0 Å². The molecule has 0 aliphatic carbocycles. The Balaban J connectivity index is 2.20. The molecule has 0 aliphatic rings. The van der Waals surface area contributed by atoms with Crippen LogP contribution >= 0.6 is 15.9 Å². The van der Waals surface area contributed by atoms with Gasteiger partial charge in [0.15, 0.2) is 0 Å². The first-order valence-corrected chi connectivity index (χ1v) is 7.13. The summed E-state index contributed by atoms with van der Waals surface area (Å²) in [6.45, 7) is 1.98. The van der Waals surface area contributed by atoms with Crippen LogP contribution in [-0.2, 0) is 0 Å². The van der Waals surface area contributed by atoms with Crippen LogP contribution in [0.4, 0.5) is 5.82 Å². The predicted molar refractivity (Wildman–Crippen MR) is 85.8 cm³/mol. The molecule has 0 unspecified atom stereocenters. The fourth-order valence-electron chi connectivity index (χ4n) is 2.31. The third kappa shape index (κ3) is 2.12. The minimum Gasteiger partial charge on any atom is -0.383 e. The highest BCUT2D eigenvalue weighted by Gasteiger charge is 2.16. The highest BCUT2D eigenvalue weighted by Crippen LogP contribution is 2.32. The van der Waals surface area contributed by atoms with Crippen molar-refractivity contribution < 1.29 is 0 Å². The summed E-state index contributed by atoms with van der Waals surface area (Å²) >= 11 is 3.54. The average molecular weight is 328 g/mol. The van der Waals surface area contributed by atoms with Crippen molar-refractivity contribution in [2.24, 2.45) is 0 Å². The topological polar surface area (TPSA) is 43.8 Å². The Morgan fingerprint density at radius 1 is 1.00 bits per heavy atom. The van der Waals surface area contributed by atoms with Crippen molar-refractivity contribution in [1.82, 2.24) is 9.78 Å². The highest BCUT2D eigenvalue weighted by molar-refractivity contribution is 9.10. The minimum atomic E-state index is 0.653. The lowest BCUT2D eigenvalue weighted by atomic mass is 10.1. The molecule has 20 heavy (non-hydrogen) atoms. The highest BCUT2D eigenvalue weighted by atomic mass is 79.9. The molecule has 0 fully saturated rings. The molecule has 0 atom stereocenters. The summed E-state index contributed by atoms with van der Waals surface area (Å²) < 4.78 is 2.75. The minimum absolute atomic E-state index is 0.653. The number of nitrogen functional groups attached to an aromatic ring is 1. The Hall–Kier alpha value is -2.07. The van der Waals surface area contributed by atoms with E-state index in [0.717, 1.165) is 27.0 Å². The monoisotopic (exact) mass is 327 g/mol. The maximum absolute atomic E-state index is 6.32. The molecule has 0 spiro atoms. The van der Waals surface area contributed by atoms with E-state index in [1.54, 1.807) is 4.68 Å². The van der Waals surface area contributed by atoms with Gasteiger partial charge in [0.1, 0.15) is 5.82 Å². The van der Waals surface area contributed by atoms with E-state index in [2.05, 4.69) is 21.0 Å². The second-order valence-electron chi connectivity index (χ2n) is 4.57. The number of nitrogens with zero attached hydrogens (tertiary/aromatic N) is 2. The predicted octanol–water partition coefficient (Wildman–Crippen LogP) is 4.19. The Morgan fingerprint density at radius 3 is 2.35 bits per heavy atom. The SMILES string of the molecule is Cc1nn(-c2ccccc2Br)c(N)c1-c1ccccc1. The van der Waals surface area contributed by atoms with Crippen molar-refractivity contribution in [3.8, 4) is 16.8 Å². The summed E-state index contributed by atoms with van der Waals surface area (Å²) in [6, 6.07) is 18.0. The fraction of sp³-hybridized carbons (Fsp3) is 0.0625. The molecule has 2 N–H and O–H groups in total. The fourth-order valence-corrected chi connectivity index (χ4v) is 2.77. The van der Waals surface area contributed by atoms with Crippen molar-refractivity contribution in [2.75, 3.05) is 5.73 Å². The van der Waals surface area contributed by atoms with Crippen LogP contribution in [0.15, 0.2) is 59.1 Å². The van der Waals surface area contributed by atoms with E-state index in [1.807, 2.05) is 61.5 Å². The van der Waals surface area contributed by atoms with Gasteiger partial charge in [-0.15, -0.1) is 0 Å². The Kier molecular flexibility index (Phi) is 3.32. The van der Waals surface area contributed by atoms with Gasteiger partial charge in [-0.3, -0.25) is 0 Å². The van der Waals surface area contributed by atoms with Gasteiger partial charge in [0, 0.05) is 10.0 Å². The van der Waals surface area contributed by atoms with E-state index >= 15 is 0 Å². The zero-order chi connectivity index (χ0) is 14.1. The summed E-state index contributed by atoms with van der Waals surface area (Å²) in [7, 11) is 0. The summed E-state index contributed by atoms with van der Waals surface area (Å²) in [5, 5.41) is 4.58. The molecule has 0 bridgehead atoms. The zero-order valence-corrected chi connectivity index (χ0v) is 12.6. The number of halogens is 1. The van der Waals surface area contributed by atoms with Gasteiger partial charge in [-0.1, -0.05) is 42.5 Å². The standard InChI is InChI=1S/C16H14BrN3/c1-11-15(12-7-3-2-4-8-12)16(18)20(19-11)14-10-6-5-9-13(14)17/h2-10H,18H2,1H3. The van der Waals surface area contributed by atoms with Crippen LogP contribution in [0.25, 0.3) is 16.8 Å². The van der Waals surface area contributed by atoms with Crippen molar-refractivity contribution >= 4 is 21.7 Å². The van der Waals surface area contributed by atoms with Gasteiger partial charge in [-0.25, -0.2) is 4.68 Å². The third-order valence-electron chi connectivity index (χ3n) is 3.24. The molecule has 2 aromatic carbocycles. The summed E-state index contributed by atoms with van der Waals surface area (Å²) in [5.41, 5.74) is 10.2. The largest absolute Gasteiger partial charge is 0.383 e. The van der Waals surface area contributed by atoms with E-state index < -0.39 is 0 Å². The molecule has 0 amide bonds. The molecular weight excluding hydrogens is 314 g/mol. The van der Waals surface area contributed by atoms with Crippen LogP contribution < -0.4 is 5.73 Å². The summed E-state index contributed by atoms with van der Waals surface area (Å²) in [4.78, 5) is 0. The van der Waals surface area contributed by atoms with Crippen molar-refractivity contribution in [3.05, 3.63) is 64.8 Å². The van der Waals surface area contributed by atoms with Crippen LogP contribution in [0.2, 0.25) is 0 Å². The van der Waals surface area contributed by atoms with E-state index in [9.17, 15) is 0 Å².